The highest BCUT2D eigenvalue weighted by atomic mass is 32.2. The highest BCUT2D eigenvalue weighted by Gasteiger charge is 2.30. The van der Waals surface area contributed by atoms with Crippen LogP contribution < -0.4 is 15.2 Å². The second-order valence-electron chi connectivity index (χ2n) is 11.3. The lowest BCUT2D eigenvalue weighted by Crippen LogP contribution is -2.46. The minimum absolute atomic E-state index is 0.00113. The molecule has 258 valence electrons. The molecule has 0 heterocycles. The maximum absolute atomic E-state index is 12.2. The van der Waals surface area contributed by atoms with Crippen molar-refractivity contribution in [3.05, 3.63) is 48.5 Å². The summed E-state index contributed by atoms with van der Waals surface area (Å²) in [5, 5.41) is 0. The molecule has 4 N–H and O–H groups in total. The molecule has 46 heavy (non-hydrogen) atoms. The number of carbonyl (C=O) groups excluding carboxylic acids is 2. The first-order valence-electron chi connectivity index (χ1n) is 15.2. The van der Waals surface area contributed by atoms with Crippen LogP contribution in [0.5, 0.6) is 11.5 Å². The lowest BCUT2D eigenvalue weighted by Gasteiger charge is -2.34. The Morgan fingerprint density at radius 2 is 1.11 bits per heavy atom. The molecule has 0 aliphatic carbocycles. The minimum atomic E-state index is -4.38. The zero-order chi connectivity index (χ0) is 34.2. The molecule has 0 saturated carbocycles. The summed E-state index contributed by atoms with van der Waals surface area (Å²) in [6.07, 6.45) is 8.53. The zero-order valence-corrected chi connectivity index (χ0v) is 27.9. The molecule has 15 heteroatoms. The molecule has 0 aliphatic heterocycles. The van der Waals surface area contributed by atoms with Crippen molar-refractivity contribution >= 4 is 32.5 Å². The summed E-state index contributed by atoms with van der Waals surface area (Å²) >= 11 is 0. The van der Waals surface area contributed by atoms with Gasteiger partial charge in [-0.2, -0.15) is 16.8 Å². The lowest BCUT2D eigenvalue weighted by atomic mass is 9.78. The number of rotatable bonds is 20. The predicted octanol–water partition coefficient (Wildman–Crippen LogP) is 6.56. The van der Waals surface area contributed by atoms with E-state index in [1.807, 2.05) is 6.92 Å². The summed E-state index contributed by atoms with van der Waals surface area (Å²) < 4.78 is 83.4. The average Bonchev–Trinajstić information content (AvgIpc) is 2.97. The summed E-state index contributed by atoms with van der Waals surface area (Å²) in [7, 11) is -8.76. The fourth-order valence-corrected chi connectivity index (χ4v) is 5.74. The van der Waals surface area contributed by atoms with Crippen LogP contribution in [0.25, 0.3) is 0 Å². The van der Waals surface area contributed by atoms with Gasteiger partial charge in [-0.1, -0.05) is 58.3 Å². The molecule has 13 nitrogen and oxygen atoms in total. The monoisotopic (exact) mass is 687 g/mol. The molecule has 0 radical (unpaired) electrons. The average molecular weight is 688 g/mol. The van der Waals surface area contributed by atoms with Crippen molar-refractivity contribution in [1.82, 2.24) is 0 Å². The van der Waals surface area contributed by atoms with Gasteiger partial charge in [0.1, 0.15) is 11.5 Å². The van der Waals surface area contributed by atoms with Crippen molar-refractivity contribution < 1.29 is 54.5 Å². The maximum Gasteiger partial charge on any atom is 0.513 e. The van der Waals surface area contributed by atoms with Gasteiger partial charge in [0.2, 0.25) is 0 Å². The van der Waals surface area contributed by atoms with E-state index in [4.69, 9.17) is 33.8 Å². The van der Waals surface area contributed by atoms with Gasteiger partial charge in [0.25, 0.3) is 20.2 Å². The molecule has 2 unspecified atom stereocenters. The van der Waals surface area contributed by atoms with Gasteiger partial charge in [-0.25, -0.2) is 9.59 Å². The number of hydrogen-bond acceptors (Lipinski definition) is 11. The Bertz CT molecular complexity index is 1440. The van der Waals surface area contributed by atoms with E-state index in [0.29, 0.717) is 6.42 Å². The van der Waals surface area contributed by atoms with Gasteiger partial charge < -0.3 is 24.7 Å². The topological polar surface area (TPSA) is 206 Å². The molecule has 0 fully saturated rings. The molecule has 0 saturated heterocycles. The Balaban J connectivity index is 1.89. The van der Waals surface area contributed by atoms with Crippen LogP contribution in [0, 0.1) is 5.92 Å². The largest absolute Gasteiger partial charge is 0.513 e. The molecule has 0 aromatic heterocycles. The van der Waals surface area contributed by atoms with Crippen molar-refractivity contribution in [1.29, 1.82) is 0 Å². The molecule has 0 aliphatic rings. The first kappa shape index (κ1) is 38.9. The third-order valence-corrected chi connectivity index (χ3v) is 9.27. The van der Waals surface area contributed by atoms with Gasteiger partial charge >= 0.3 is 12.3 Å². The van der Waals surface area contributed by atoms with E-state index < -0.39 is 38.1 Å². The molecule has 2 rings (SSSR count). The molecule has 2 aromatic rings. The summed E-state index contributed by atoms with van der Waals surface area (Å²) in [5.74, 6) is -0.0455. The lowest BCUT2D eigenvalue weighted by molar-refractivity contribution is 0.0729. The van der Waals surface area contributed by atoms with Gasteiger partial charge in [-0.3, -0.25) is 9.11 Å². The smallest absolute Gasteiger partial charge is 0.434 e. The van der Waals surface area contributed by atoms with Crippen LogP contribution in [0.2, 0.25) is 0 Å². The number of nitrogens with two attached hydrogens (primary N) is 1. The number of benzene rings is 2. The van der Waals surface area contributed by atoms with E-state index in [1.165, 1.54) is 56.4 Å². The first-order valence-corrected chi connectivity index (χ1v) is 18.1. The SMILES string of the molecule is CCCCCCCCCCC(CCOC(=O)Oc1ccc(S(=O)(=O)O)cc1)C(C)(N)CCOC(=O)Oc1ccc(S(=O)(=O)O)cc1. The van der Waals surface area contributed by atoms with Gasteiger partial charge in [-0.05, 0) is 80.6 Å². The Morgan fingerprint density at radius 3 is 1.54 bits per heavy atom. The van der Waals surface area contributed by atoms with E-state index in [9.17, 15) is 26.4 Å². The number of ether oxygens (including phenoxy) is 4. The molecular formula is C31H45NO12S2. The minimum Gasteiger partial charge on any atom is -0.434 e. The fourth-order valence-electron chi connectivity index (χ4n) is 4.78. The molecule has 2 aromatic carbocycles. The van der Waals surface area contributed by atoms with Gasteiger partial charge in [-0.15, -0.1) is 0 Å². The molecule has 0 bridgehead atoms. The van der Waals surface area contributed by atoms with E-state index in [2.05, 4.69) is 6.92 Å². The Hall–Kier alpha value is -3.24. The van der Waals surface area contributed by atoms with Crippen molar-refractivity contribution in [2.45, 2.75) is 99.8 Å². The maximum atomic E-state index is 12.2. The second kappa shape index (κ2) is 18.8. The third kappa shape index (κ3) is 14.9. The third-order valence-electron chi connectivity index (χ3n) is 7.53. The standard InChI is InChI=1S/C31H45NO12S2/c1-3-4-5-6-7-8-9-10-11-24(20-22-41-29(33)43-25-12-16-27(17-13-25)45(35,36)37)31(2,32)21-23-42-30(34)44-26-14-18-28(19-15-26)46(38,39)40/h12-19,24H,3-11,20-23,32H2,1-2H3,(H,35,36,37)(H,38,39,40). The summed E-state index contributed by atoms with van der Waals surface area (Å²) in [5.41, 5.74) is 5.88. The predicted molar refractivity (Wildman–Crippen MR) is 169 cm³/mol. The van der Waals surface area contributed by atoms with Crippen molar-refractivity contribution in [3.63, 3.8) is 0 Å². The molecule has 0 amide bonds. The summed E-state index contributed by atoms with van der Waals surface area (Å²) in [4.78, 5) is 23.7. The Morgan fingerprint density at radius 1 is 0.696 bits per heavy atom. The van der Waals surface area contributed by atoms with Crippen LogP contribution in [0.3, 0.4) is 0 Å². The van der Waals surface area contributed by atoms with Crippen molar-refractivity contribution in [2.75, 3.05) is 13.2 Å². The highest BCUT2D eigenvalue weighted by molar-refractivity contribution is 7.86. The number of hydrogen-bond donors (Lipinski definition) is 3. The van der Waals surface area contributed by atoms with Crippen molar-refractivity contribution in [2.24, 2.45) is 11.7 Å². The van der Waals surface area contributed by atoms with Gasteiger partial charge in [0.15, 0.2) is 0 Å². The van der Waals surface area contributed by atoms with E-state index in [0.717, 1.165) is 49.9 Å². The van der Waals surface area contributed by atoms with E-state index in [1.54, 1.807) is 0 Å². The summed E-state index contributed by atoms with van der Waals surface area (Å²) in [6.45, 7) is 3.95. The quantitative estimate of drug-likeness (QED) is 0.0584. The highest BCUT2D eigenvalue weighted by Crippen LogP contribution is 2.28. The van der Waals surface area contributed by atoms with Crippen LogP contribution >= 0.6 is 0 Å². The fraction of sp³-hybridized carbons (Fsp3) is 0.548. The van der Waals surface area contributed by atoms with Crippen LogP contribution in [0.15, 0.2) is 58.3 Å². The van der Waals surface area contributed by atoms with E-state index in [-0.39, 0.29) is 46.8 Å². The van der Waals surface area contributed by atoms with Crippen LogP contribution in [0.4, 0.5) is 9.59 Å². The first-order chi connectivity index (χ1) is 21.6. The van der Waals surface area contributed by atoms with Crippen LogP contribution in [-0.2, 0) is 29.7 Å². The number of carbonyl (C=O) groups is 2. The second-order valence-corrected chi connectivity index (χ2v) is 14.1. The number of unbranched alkanes of at least 4 members (excludes halogenated alkanes) is 7. The van der Waals surface area contributed by atoms with Gasteiger partial charge in [0.05, 0.1) is 23.0 Å². The molecular weight excluding hydrogens is 642 g/mol. The van der Waals surface area contributed by atoms with Gasteiger partial charge in [0, 0.05) is 5.54 Å². The summed E-state index contributed by atoms with van der Waals surface area (Å²) in [6, 6.07) is 9.19. The normalized spacial score (nSPS) is 13.8. The van der Waals surface area contributed by atoms with Crippen LogP contribution in [0.1, 0.15) is 84.5 Å². The Labute approximate surface area is 271 Å². The van der Waals surface area contributed by atoms with Crippen molar-refractivity contribution in [3.8, 4) is 11.5 Å². The zero-order valence-electron chi connectivity index (χ0n) is 26.3. The molecule has 0 spiro atoms. The van der Waals surface area contributed by atoms with E-state index >= 15 is 0 Å². The van der Waals surface area contributed by atoms with Crippen LogP contribution in [-0.4, -0.2) is 57.0 Å². The molecule has 2 atom stereocenters. The Kier molecular flexibility index (Phi) is 15.9.